The summed E-state index contributed by atoms with van der Waals surface area (Å²) < 4.78 is 10.9. The maximum absolute atomic E-state index is 11.1. The van der Waals surface area contributed by atoms with Crippen LogP contribution >= 0.6 is 0 Å². The average Bonchev–Trinajstić information content (AvgIpc) is 2.48. The number of nitro groups is 1. The molecule has 21 heavy (non-hydrogen) atoms. The van der Waals surface area contributed by atoms with Crippen LogP contribution in [-0.4, -0.2) is 16.6 Å². The van der Waals surface area contributed by atoms with Gasteiger partial charge in [-0.1, -0.05) is 12.1 Å². The first-order chi connectivity index (χ1) is 10.1. The predicted octanol–water partition coefficient (Wildman–Crippen LogP) is 3.28. The standard InChI is InChI=1S/C15H15NO5/c1-2-20-12-4-3-5-13(9-12)21-15-7-6-11(10-17)8-14(15)16(18)19/h3-9,17H,2,10H2,1H3. The summed E-state index contributed by atoms with van der Waals surface area (Å²) in [4.78, 5) is 10.5. The van der Waals surface area contributed by atoms with Gasteiger partial charge in [0, 0.05) is 12.1 Å². The summed E-state index contributed by atoms with van der Waals surface area (Å²) in [5, 5.41) is 20.1. The van der Waals surface area contributed by atoms with Crippen LogP contribution in [0.5, 0.6) is 17.2 Å². The third-order valence-electron chi connectivity index (χ3n) is 2.75. The van der Waals surface area contributed by atoms with Crippen LogP contribution in [0.3, 0.4) is 0 Å². The van der Waals surface area contributed by atoms with Gasteiger partial charge in [-0.2, -0.15) is 0 Å². The topological polar surface area (TPSA) is 81.8 Å². The summed E-state index contributed by atoms with van der Waals surface area (Å²) in [5.41, 5.74) is 0.264. The van der Waals surface area contributed by atoms with Crippen molar-refractivity contribution in [1.82, 2.24) is 0 Å². The zero-order valence-corrected chi connectivity index (χ0v) is 11.5. The van der Waals surface area contributed by atoms with Crippen molar-refractivity contribution in [3.05, 3.63) is 58.1 Å². The molecule has 110 valence electrons. The van der Waals surface area contributed by atoms with Gasteiger partial charge >= 0.3 is 5.69 Å². The van der Waals surface area contributed by atoms with Gasteiger partial charge in [0.15, 0.2) is 0 Å². The highest BCUT2D eigenvalue weighted by molar-refractivity contribution is 5.51. The molecule has 0 saturated heterocycles. The lowest BCUT2D eigenvalue weighted by atomic mass is 10.2. The van der Waals surface area contributed by atoms with E-state index in [1.807, 2.05) is 6.92 Å². The van der Waals surface area contributed by atoms with Crippen LogP contribution in [-0.2, 0) is 6.61 Å². The van der Waals surface area contributed by atoms with Crippen molar-refractivity contribution in [3.8, 4) is 17.2 Å². The second-order valence-corrected chi connectivity index (χ2v) is 4.23. The van der Waals surface area contributed by atoms with Crippen molar-refractivity contribution in [2.24, 2.45) is 0 Å². The monoisotopic (exact) mass is 289 g/mol. The molecule has 0 spiro atoms. The number of nitrogens with zero attached hydrogens (tertiary/aromatic N) is 1. The van der Waals surface area contributed by atoms with Gasteiger partial charge in [0.1, 0.15) is 11.5 Å². The fourth-order valence-corrected chi connectivity index (χ4v) is 1.81. The van der Waals surface area contributed by atoms with Gasteiger partial charge in [-0.25, -0.2) is 0 Å². The third-order valence-corrected chi connectivity index (χ3v) is 2.75. The summed E-state index contributed by atoms with van der Waals surface area (Å²) in [7, 11) is 0. The van der Waals surface area contributed by atoms with Crippen molar-refractivity contribution >= 4 is 5.69 Å². The van der Waals surface area contributed by atoms with Crippen LogP contribution in [0.1, 0.15) is 12.5 Å². The molecular formula is C15H15NO5. The molecule has 0 heterocycles. The van der Waals surface area contributed by atoms with E-state index in [1.54, 1.807) is 30.3 Å². The largest absolute Gasteiger partial charge is 0.494 e. The Morgan fingerprint density at radius 2 is 1.95 bits per heavy atom. The minimum Gasteiger partial charge on any atom is -0.494 e. The van der Waals surface area contributed by atoms with Crippen molar-refractivity contribution in [3.63, 3.8) is 0 Å². The van der Waals surface area contributed by atoms with Gasteiger partial charge in [0.2, 0.25) is 5.75 Å². The normalized spacial score (nSPS) is 10.2. The summed E-state index contributed by atoms with van der Waals surface area (Å²) in [6.45, 7) is 2.13. The van der Waals surface area contributed by atoms with Gasteiger partial charge in [0.05, 0.1) is 18.1 Å². The molecule has 2 aromatic rings. The lowest BCUT2D eigenvalue weighted by molar-refractivity contribution is -0.385. The summed E-state index contributed by atoms with van der Waals surface area (Å²) in [6.07, 6.45) is 0. The van der Waals surface area contributed by atoms with Gasteiger partial charge < -0.3 is 14.6 Å². The van der Waals surface area contributed by atoms with Crippen LogP contribution in [0.4, 0.5) is 5.69 Å². The highest BCUT2D eigenvalue weighted by Crippen LogP contribution is 2.33. The Kier molecular flexibility index (Phi) is 4.73. The number of rotatable bonds is 6. The van der Waals surface area contributed by atoms with Gasteiger partial charge in [-0.05, 0) is 30.7 Å². The maximum atomic E-state index is 11.1. The van der Waals surface area contributed by atoms with E-state index in [-0.39, 0.29) is 18.0 Å². The maximum Gasteiger partial charge on any atom is 0.311 e. The van der Waals surface area contributed by atoms with Crippen molar-refractivity contribution in [2.45, 2.75) is 13.5 Å². The SMILES string of the molecule is CCOc1cccc(Oc2ccc(CO)cc2[N+](=O)[O-])c1. The van der Waals surface area contributed by atoms with E-state index in [2.05, 4.69) is 0 Å². The Morgan fingerprint density at radius 3 is 2.62 bits per heavy atom. The van der Waals surface area contributed by atoms with E-state index in [9.17, 15) is 10.1 Å². The summed E-state index contributed by atoms with van der Waals surface area (Å²) in [6, 6.07) is 11.2. The van der Waals surface area contributed by atoms with E-state index in [0.717, 1.165) is 0 Å². The number of nitro benzene ring substituents is 1. The Morgan fingerprint density at radius 1 is 1.19 bits per heavy atom. The molecule has 0 amide bonds. The Labute approximate surface area is 121 Å². The molecule has 1 N–H and O–H groups in total. The molecule has 2 aromatic carbocycles. The highest BCUT2D eigenvalue weighted by atomic mass is 16.6. The number of aliphatic hydroxyl groups excluding tert-OH is 1. The minimum absolute atomic E-state index is 0.117. The third kappa shape index (κ3) is 3.70. The fourth-order valence-electron chi connectivity index (χ4n) is 1.81. The second kappa shape index (κ2) is 6.71. The summed E-state index contributed by atoms with van der Waals surface area (Å²) in [5.74, 6) is 1.19. The van der Waals surface area contributed by atoms with Gasteiger partial charge in [-0.3, -0.25) is 10.1 Å². The molecule has 0 aliphatic rings. The smallest absolute Gasteiger partial charge is 0.311 e. The zero-order valence-electron chi connectivity index (χ0n) is 11.5. The second-order valence-electron chi connectivity index (χ2n) is 4.23. The Hall–Kier alpha value is -2.60. The van der Waals surface area contributed by atoms with E-state index in [0.29, 0.717) is 23.7 Å². The highest BCUT2D eigenvalue weighted by Gasteiger charge is 2.16. The molecule has 0 aliphatic carbocycles. The number of hydrogen-bond acceptors (Lipinski definition) is 5. The van der Waals surface area contributed by atoms with Gasteiger partial charge in [0.25, 0.3) is 0 Å². The van der Waals surface area contributed by atoms with E-state index in [1.165, 1.54) is 12.1 Å². The van der Waals surface area contributed by atoms with Gasteiger partial charge in [-0.15, -0.1) is 0 Å². The van der Waals surface area contributed by atoms with Crippen molar-refractivity contribution < 1.29 is 19.5 Å². The predicted molar refractivity (Wildman–Crippen MR) is 76.7 cm³/mol. The van der Waals surface area contributed by atoms with Crippen LogP contribution in [0.15, 0.2) is 42.5 Å². The first-order valence-electron chi connectivity index (χ1n) is 6.43. The molecule has 0 radical (unpaired) electrons. The van der Waals surface area contributed by atoms with E-state index >= 15 is 0 Å². The number of benzene rings is 2. The van der Waals surface area contributed by atoms with Crippen LogP contribution < -0.4 is 9.47 Å². The molecule has 0 saturated carbocycles. The molecule has 0 fully saturated rings. The molecule has 2 rings (SSSR count). The molecule has 0 bridgehead atoms. The molecule has 0 aliphatic heterocycles. The first kappa shape index (κ1) is 14.8. The lowest BCUT2D eigenvalue weighted by Gasteiger charge is -2.09. The zero-order chi connectivity index (χ0) is 15.2. The van der Waals surface area contributed by atoms with Crippen LogP contribution in [0.2, 0.25) is 0 Å². The Bertz CT molecular complexity index is 642. The molecule has 0 unspecified atom stereocenters. The Balaban J connectivity index is 2.30. The lowest BCUT2D eigenvalue weighted by Crippen LogP contribution is -1.96. The number of aliphatic hydroxyl groups is 1. The number of hydrogen-bond donors (Lipinski definition) is 1. The molecular weight excluding hydrogens is 274 g/mol. The van der Waals surface area contributed by atoms with E-state index < -0.39 is 4.92 Å². The fraction of sp³-hybridized carbons (Fsp3) is 0.200. The molecule has 6 nitrogen and oxygen atoms in total. The molecule has 0 aromatic heterocycles. The van der Waals surface area contributed by atoms with Crippen LogP contribution in [0.25, 0.3) is 0 Å². The van der Waals surface area contributed by atoms with E-state index in [4.69, 9.17) is 14.6 Å². The quantitative estimate of drug-likeness (QED) is 0.652. The average molecular weight is 289 g/mol. The first-order valence-corrected chi connectivity index (χ1v) is 6.43. The molecule has 6 heteroatoms. The van der Waals surface area contributed by atoms with Crippen molar-refractivity contribution in [1.29, 1.82) is 0 Å². The number of ether oxygens (including phenoxy) is 2. The van der Waals surface area contributed by atoms with Crippen molar-refractivity contribution in [2.75, 3.05) is 6.61 Å². The minimum atomic E-state index is -0.541. The summed E-state index contributed by atoms with van der Waals surface area (Å²) >= 11 is 0. The van der Waals surface area contributed by atoms with Crippen LogP contribution in [0, 0.1) is 10.1 Å². The molecule has 0 atom stereocenters.